The van der Waals surface area contributed by atoms with E-state index >= 15 is 0 Å². The summed E-state index contributed by atoms with van der Waals surface area (Å²) in [6.07, 6.45) is 3.30. The van der Waals surface area contributed by atoms with E-state index in [2.05, 4.69) is 11.9 Å². The molecule has 0 amide bonds. The Hall–Kier alpha value is -2.31. The fourth-order valence-electron chi connectivity index (χ4n) is 4.91. The van der Waals surface area contributed by atoms with Crippen LogP contribution in [0, 0.1) is 31.5 Å². The Morgan fingerprint density at radius 3 is 2.37 bits per heavy atom. The highest BCUT2D eigenvalue weighted by molar-refractivity contribution is 6.30. The summed E-state index contributed by atoms with van der Waals surface area (Å²) < 4.78 is 20.4. The first-order valence-corrected chi connectivity index (χ1v) is 12.6. The van der Waals surface area contributed by atoms with Crippen molar-refractivity contribution in [2.75, 3.05) is 0 Å². The van der Waals surface area contributed by atoms with Crippen LogP contribution < -0.4 is 0 Å². The van der Waals surface area contributed by atoms with Gasteiger partial charge in [-0.25, -0.2) is 14.2 Å². The second kappa shape index (κ2) is 10.8. The summed E-state index contributed by atoms with van der Waals surface area (Å²) in [5.74, 6) is -0.889. The van der Waals surface area contributed by atoms with E-state index in [9.17, 15) is 19.1 Å². The fraction of sp³-hybridized carbons (Fsp3) is 0.536. The predicted octanol–water partition coefficient (Wildman–Crippen LogP) is 7.50. The van der Waals surface area contributed by atoms with Crippen molar-refractivity contribution in [1.29, 1.82) is 0 Å². The lowest BCUT2D eigenvalue weighted by molar-refractivity contribution is -0.160. The van der Waals surface area contributed by atoms with Gasteiger partial charge in [0.1, 0.15) is 11.5 Å². The van der Waals surface area contributed by atoms with Crippen molar-refractivity contribution in [3.63, 3.8) is 0 Å². The van der Waals surface area contributed by atoms with Crippen LogP contribution >= 0.6 is 11.6 Å². The third-order valence-electron chi connectivity index (χ3n) is 6.71. The second-order valence-corrected chi connectivity index (χ2v) is 11.2. The Kier molecular flexibility index (Phi) is 8.38. The molecule has 1 aliphatic rings. The van der Waals surface area contributed by atoms with E-state index in [0.717, 1.165) is 25.7 Å². The lowest BCUT2D eigenvalue weighted by Gasteiger charge is -2.29. The van der Waals surface area contributed by atoms with E-state index in [4.69, 9.17) is 16.3 Å². The standard InChI is InChI=1S/C28H35ClFNO4/c1-15-7-9-18(10-8-15)13-22(32)25-16(2)23(19-11-12-20(29)21(30)14-19)24(17(3)31-25)26(27(33)34)35-28(4,5)6/h11-12,14-15,18,26H,7-10,13H2,1-6H3,(H,33,34)/t15?,18?,26-/m0/s1. The topological polar surface area (TPSA) is 76.5 Å². The number of carboxylic acid groups (broad SMARTS) is 1. The number of rotatable bonds is 7. The van der Waals surface area contributed by atoms with E-state index in [1.54, 1.807) is 40.7 Å². The van der Waals surface area contributed by atoms with Gasteiger partial charge >= 0.3 is 5.97 Å². The van der Waals surface area contributed by atoms with Gasteiger partial charge in [-0.15, -0.1) is 0 Å². The largest absolute Gasteiger partial charge is 0.479 e. The molecular weight excluding hydrogens is 469 g/mol. The number of carboxylic acids is 1. The van der Waals surface area contributed by atoms with Crippen molar-refractivity contribution in [2.24, 2.45) is 11.8 Å². The number of Topliss-reactive ketones (excluding diaryl/α,β-unsaturated/α-hetero) is 1. The molecule has 1 fully saturated rings. The summed E-state index contributed by atoms with van der Waals surface area (Å²) in [4.78, 5) is 30.3. The monoisotopic (exact) mass is 503 g/mol. The highest BCUT2D eigenvalue weighted by Gasteiger charge is 2.34. The minimum Gasteiger partial charge on any atom is -0.479 e. The quantitative estimate of drug-likeness (QED) is 0.396. The van der Waals surface area contributed by atoms with E-state index in [0.29, 0.717) is 51.9 Å². The number of aryl methyl sites for hydroxylation is 1. The van der Waals surface area contributed by atoms with Gasteiger partial charge in [-0.05, 0) is 88.1 Å². The van der Waals surface area contributed by atoms with Crippen LogP contribution in [0.3, 0.4) is 0 Å². The number of carbonyl (C=O) groups is 2. The lowest BCUT2D eigenvalue weighted by Crippen LogP contribution is -2.29. The van der Waals surface area contributed by atoms with Crippen LogP contribution in [0.25, 0.3) is 11.1 Å². The van der Waals surface area contributed by atoms with Gasteiger partial charge in [-0.3, -0.25) is 4.79 Å². The van der Waals surface area contributed by atoms with Crippen LogP contribution in [0.4, 0.5) is 4.39 Å². The van der Waals surface area contributed by atoms with Crippen molar-refractivity contribution < 1.29 is 23.8 Å². The smallest absolute Gasteiger partial charge is 0.337 e. The molecule has 1 aromatic heterocycles. The van der Waals surface area contributed by atoms with Gasteiger partial charge < -0.3 is 9.84 Å². The van der Waals surface area contributed by atoms with Crippen LogP contribution in [0.15, 0.2) is 18.2 Å². The molecule has 0 spiro atoms. The zero-order chi connectivity index (χ0) is 26.1. The van der Waals surface area contributed by atoms with Gasteiger partial charge in [-0.2, -0.15) is 0 Å². The Morgan fingerprint density at radius 1 is 1.20 bits per heavy atom. The Balaban J connectivity index is 2.17. The number of nitrogens with zero attached hydrogens (tertiary/aromatic N) is 1. The van der Waals surface area contributed by atoms with Crippen molar-refractivity contribution in [3.05, 3.63) is 51.6 Å². The van der Waals surface area contributed by atoms with Crippen molar-refractivity contribution in [2.45, 2.75) is 85.4 Å². The van der Waals surface area contributed by atoms with Gasteiger partial charge in [-0.1, -0.05) is 37.4 Å². The molecule has 0 bridgehead atoms. The van der Waals surface area contributed by atoms with E-state index in [1.165, 1.54) is 12.1 Å². The third-order valence-corrected chi connectivity index (χ3v) is 7.02. The summed E-state index contributed by atoms with van der Waals surface area (Å²) in [7, 11) is 0. The minimum absolute atomic E-state index is 0.0396. The average Bonchev–Trinajstić information content (AvgIpc) is 2.76. The molecule has 1 aromatic carbocycles. The molecule has 0 unspecified atom stereocenters. The molecule has 35 heavy (non-hydrogen) atoms. The summed E-state index contributed by atoms with van der Waals surface area (Å²) in [5.41, 5.74) is 1.62. The second-order valence-electron chi connectivity index (χ2n) is 10.8. The highest BCUT2D eigenvalue weighted by Crippen LogP contribution is 2.40. The number of aliphatic carboxylic acids is 1. The molecule has 7 heteroatoms. The molecule has 0 aliphatic heterocycles. The van der Waals surface area contributed by atoms with Gasteiger partial charge in [0.05, 0.1) is 10.6 Å². The van der Waals surface area contributed by atoms with Crippen LogP contribution in [0.1, 0.15) is 93.2 Å². The van der Waals surface area contributed by atoms with Crippen LogP contribution in [-0.4, -0.2) is 27.4 Å². The molecule has 1 N–H and O–H groups in total. The SMILES string of the molecule is Cc1nc(C(=O)CC2CCC(C)CC2)c(C)c(-c2ccc(Cl)c(F)c2)c1[C@H](OC(C)(C)C)C(=O)O. The molecule has 190 valence electrons. The number of benzene rings is 1. The zero-order valence-corrected chi connectivity index (χ0v) is 22.1. The average molecular weight is 504 g/mol. The number of halogens is 2. The molecular formula is C28H35ClFNO4. The van der Waals surface area contributed by atoms with E-state index in [-0.39, 0.29) is 10.8 Å². The van der Waals surface area contributed by atoms with Gasteiger partial charge in [0, 0.05) is 17.7 Å². The van der Waals surface area contributed by atoms with Crippen LogP contribution in [-0.2, 0) is 9.53 Å². The number of ether oxygens (including phenoxy) is 1. The molecule has 0 radical (unpaired) electrons. The number of carbonyl (C=O) groups excluding carboxylic acids is 1. The van der Waals surface area contributed by atoms with Gasteiger partial charge in [0.25, 0.3) is 0 Å². The first-order valence-electron chi connectivity index (χ1n) is 12.2. The Bertz CT molecular complexity index is 1120. The zero-order valence-electron chi connectivity index (χ0n) is 21.4. The Morgan fingerprint density at radius 2 is 1.83 bits per heavy atom. The lowest BCUT2D eigenvalue weighted by atomic mass is 9.80. The number of pyridine rings is 1. The summed E-state index contributed by atoms with van der Waals surface area (Å²) in [6.45, 7) is 11.0. The molecule has 5 nitrogen and oxygen atoms in total. The fourth-order valence-corrected chi connectivity index (χ4v) is 5.03. The molecule has 3 rings (SSSR count). The highest BCUT2D eigenvalue weighted by atomic mass is 35.5. The van der Waals surface area contributed by atoms with E-state index in [1.807, 2.05) is 0 Å². The summed E-state index contributed by atoms with van der Waals surface area (Å²) in [5, 5.41) is 10.0. The van der Waals surface area contributed by atoms with Crippen molar-refractivity contribution in [3.8, 4) is 11.1 Å². The van der Waals surface area contributed by atoms with Crippen molar-refractivity contribution in [1.82, 2.24) is 4.98 Å². The number of hydrogen-bond acceptors (Lipinski definition) is 4. The third kappa shape index (κ3) is 6.47. The molecule has 0 saturated heterocycles. The van der Waals surface area contributed by atoms with Crippen LogP contribution in [0.2, 0.25) is 5.02 Å². The number of aromatic nitrogens is 1. The predicted molar refractivity (Wildman–Crippen MR) is 135 cm³/mol. The molecule has 2 aromatic rings. The summed E-state index contributed by atoms with van der Waals surface area (Å²) >= 11 is 5.92. The molecule has 1 aliphatic carbocycles. The normalized spacial score (nSPS) is 19.4. The molecule has 1 heterocycles. The van der Waals surface area contributed by atoms with Crippen molar-refractivity contribution >= 4 is 23.4 Å². The Labute approximate surface area is 212 Å². The maximum atomic E-state index is 14.5. The molecule has 1 saturated carbocycles. The number of hydrogen-bond donors (Lipinski definition) is 1. The summed E-state index contributed by atoms with van der Waals surface area (Å²) in [6, 6.07) is 4.32. The van der Waals surface area contributed by atoms with Gasteiger partial charge in [0.2, 0.25) is 0 Å². The van der Waals surface area contributed by atoms with E-state index < -0.39 is 23.5 Å². The number of ketones is 1. The minimum atomic E-state index is -1.35. The maximum Gasteiger partial charge on any atom is 0.337 e. The van der Waals surface area contributed by atoms with Gasteiger partial charge in [0.15, 0.2) is 11.9 Å². The first-order chi connectivity index (χ1) is 16.3. The molecule has 1 atom stereocenters. The maximum absolute atomic E-state index is 14.5. The van der Waals surface area contributed by atoms with Crippen LogP contribution in [0.5, 0.6) is 0 Å². The first kappa shape index (κ1) is 27.3.